The van der Waals surface area contributed by atoms with Gasteiger partial charge in [-0.2, -0.15) is 0 Å². The average molecular weight is 553 g/mol. The number of aromatic nitrogens is 4. The molecule has 3 aromatic heterocycles. The zero-order valence-electron chi connectivity index (χ0n) is 21.8. The minimum Gasteiger partial charge on any atom is -0.395 e. The highest BCUT2D eigenvalue weighted by Gasteiger charge is 2.35. The van der Waals surface area contributed by atoms with E-state index >= 15 is 0 Å². The van der Waals surface area contributed by atoms with Gasteiger partial charge in [-0.3, -0.25) is 9.52 Å². The molecule has 0 spiro atoms. The van der Waals surface area contributed by atoms with Crippen molar-refractivity contribution in [1.29, 1.82) is 5.41 Å². The molecule has 0 aromatic carbocycles. The lowest BCUT2D eigenvalue weighted by atomic mass is 9.98. The summed E-state index contributed by atoms with van der Waals surface area (Å²) in [6.07, 6.45) is 9.34. The molecule has 5 rings (SSSR count). The van der Waals surface area contributed by atoms with Gasteiger partial charge in [-0.15, -0.1) is 0 Å². The van der Waals surface area contributed by atoms with Gasteiger partial charge in [-0.1, -0.05) is 0 Å². The lowest BCUT2D eigenvalue weighted by Gasteiger charge is -2.14. The summed E-state index contributed by atoms with van der Waals surface area (Å²) in [6, 6.07) is 3.77. The highest BCUT2D eigenvalue weighted by atomic mass is 32.2. The van der Waals surface area contributed by atoms with Crippen molar-refractivity contribution in [1.82, 2.24) is 29.1 Å². The second kappa shape index (κ2) is 10.7. The van der Waals surface area contributed by atoms with Gasteiger partial charge in [-0.05, 0) is 38.3 Å². The number of pyridine rings is 1. The fourth-order valence-electron chi connectivity index (χ4n) is 4.80. The Labute approximate surface area is 226 Å². The van der Waals surface area contributed by atoms with Crippen LogP contribution in [0.4, 0.5) is 11.6 Å². The van der Waals surface area contributed by atoms with Crippen molar-refractivity contribution < 1.29 is 18.3 Å². The molecule has 1 saturated carbocycles. The highest BCUT2D eigenvalue weighted by Crippen LogP contribution is 2.36. The molecule has 0 bridgehead atoms. The van der Waals surface area contributed by atoms with Gasteiger partial charge in [0.1, 0.15) is 11.6 Å². The zero-order chi connectivity index (χ0) is 27.7. The summed E-state index contributed by atoms with van der Waals surface area (Å²) in [6.45, 7) is 5.04. The number of fused-ring (bicyclic) bond motifs is 1. The third-order valence-corrected chi connectivity index (χ3v) is 8.79. The van der Waals surface area contributed by atoms with Crippen molar-refractivity contribution in [2.24, 2.45) is 0 Å². The Morgan fingerprint density at radius 3 is 2.77 bits per heavy atom. The molecule has 1 unspecified atom stereocenters. The second-order valence-electron chi connectivity index (χ2n) is 10.1. The molecule has 0 radical (unpaired) electrons. The number of aliphatic hydroxyl groups excluding tert-OH is 1. The molecule has 206 valence electrons. The van der Waals surface area contributed by atoms with E-state index in [1.807, 2.05) is 6.07 Å². The van der Waals surface area contributed by atoms with E-state index in [1.165, 1.54) is 12.4 Å². The number of amides is 1. The van der Waals surface area contributed by atoms with Gasteiger partial charge >= 0.3 is 0 Å². The molecule has 4 N–H and O–H groups in total. The molecule has 1 amide bonds. The van der Waals surface area contributed by atoms with E-state index in [-0.39, 0.29) is 41.1 Å². The van der Waals surface area contributed by atoms with Crippen molar-refractivity contribution in [3.8, 4) is 0 Å². The van der Waals surface area contributed by atoms with Gasteiger partial charge in [0.25, 0.3) is 0 Å². The van der Waals surface area contributed by atoms with E-state index in [0.29, 0.717) is 44.0 Å². The quantitative estimate of drug-likeness (QED) is 0.263. The maximum Gasteiger partial charge on any atom is 0.235 e. The van der Waals surface area contributed by atoms with Crippen LogP contribution in [0.15, 0.2) is 36.9 Å². The number of nitrogens with zero attached hydrogens (tertiary/aromatic N) is 5. The Morgan fingerprint density at radius 1 is 1.28 bits per heavy atom. The summed E-state index contributed by atoms with van der Waals surface area (Å²) >= 11 is 0. The molecule has 2 fully saturated rings. The zero-order valence-corrected chi connectivity index (χ0v) is 22.6. The molecule has 39 heavy (non-hydrogen) atoms. The standard InChI is InChI=1S/C26H32N8O4S/c1-16(2)34-15-21(17-9-25(36)33(14-17)7-8-35)20-13-29-24(10-22(20)34)31-23-5-6-28-26(32-23)18(11-27)12-30-39(37,38)19-3-4-19/h5-6,10-13,15-17,19,27,30,35H,3-4,7-9,14H2,1-2H3,(H,28,29,31,32)/b18-12+,27-11?. The largest absolute Gasteiger partial charge is 0.395 e. The van der Waals surface area contributed by atoms with Gasteiger partial charge in [0, 0.05) is 73.9 Å². The molecule has 2 aliphatic rings. The lowest BCUT2D eigenvalue weighted by Crippen LogP contribution is -2.28. The molecular weight excluding hydrogens is 520 g/mol. The number of likely N-dealkylation sites (tertiary alicyclic amines) is 1. The first-order valence-corrected chi connectivity index (χ1v) is 14.5. The maximum absolute atomic E-state index is 12.4. The fraction of sp³-hybridized carbons (Fsp3) is 0.423. The number of aliphatic hydroxyl groups is 1. The predicted molar refractivity (Wildman–Crippen MR) is 148 cm³/mol. The summed E-state index contributed by atoms with van der Waals surface area (Å²) in [5, 5.41) is 20.8. The van der Waals surface area contributed by atoms with E-state index in [0.717, 1.165) is 22.7 Å². The molecule has 3 aromatic rings. The van der Waals surface area contributed by atoms with Crippen molar-refractivity contribution in [3.63, 3.8) is 0 Å². The van der Waals surface area contributed by atoms with Crippen molar-refractivity contribution in [2.45, 2.75) is 50.3 Å². The minimum absolute atomic E-state index is 0.0280. The van der Waals surface area contributed by atoms with E-state index < -0.39 is 10.0 Å². The van der Waals surface area contributed by atoms with Crippen LogP contribution in [0.5, 0.6) is 0 Å². The van der Waals surface area contributed by atoms with Crippen LogP contribution in [0.25, 0.3) is 16.5 Å². The van der Waals surface area contributed by atoms with Crippen LogP contribution >= 0.6 is 0 Å². The van der Waals surface area contributed by atoms with Crippen LogP contribution in [0, 0.1) is 5.41 Å². The smallest absolute Gasteiger partial charge is 0.235 e. The number of carbonyl (C=O) groups excluding carboxylic acids is 1. The Bertz CT molecular complexity index is 1540. The number of hydrogen-bond acceptors (Lipinski definition) is 9. The van der Waals surface area contributed by atoms with Crippen LogP contribution < -0.4 is 10.0 Å². The third-order valence-electron chi connectivity index (χ3n) is 7.00. The molecule has 13 heteroatoms. The number of anilines is 2. The summed E-state index contributed by atoms with van der Waals surface area (Å²) < 4.78 is 28.9. The Hall–Kier alpha value is -3.84. The first-order valence-electron chi connectivity index (χ1n) is 12.9. The highest BCUT2D eigenvalue weighted by molar-refractivity contribution is 7.90. The number of rotatable bonds is 11. The molecule has 1 saturated heterocycles. The van der Waals surface area contributed by atoms with Gasteiger partial charge in [0.15, 0.2) is 5.82 Å². The first kappa shape index (κ1) is 26.8. The molecular formula is C26H32N8O4S. The average Bonchev–Trinajstić information content (AvgIpc) is 3.62. The topological polar surface area (TPSA) is 166 Å². The van der Waals surface area contributed by atoms with Crippen LogP contribution in [0.1, 0.15) is 56.5 Å². The molecule has 4 heterocycles. The summed E-state index contributed by atoms with van der Waals surface area (Å²) in [4.78, 5) is 27.4. The molecule has 12 nitrogen and oxygen atoms in total. The second-order valence-corrected chi connectivity index (χ2v) is 12.1. The number of carbonyl (C=O) groups is 1. The monoisotopic (exact) mass is 552 g/mol. The van der Waals surface area contributed by atoms with E-state index in [9.17, 15) is 18.3 Å². The Morgan fingerprint density at radius 2 is 2.08 bits per heavy atom. The minimum atomic E-state index is -3.45. The maximum atomic E-state index is 12.4. The van der Waals surface area contributed by atoms with E-state index in [4.69, 9.17) is 5.41 Å². The Kier molecular flexibility index (Phi) is 7.36. The third kappa shape index (κ3) is 5.64. The predicted octanol–water partition coefficient (Wildman–Crippen LogP) is 2.53. The summed E-state index contributed by atoms with van der Waals surface area (Å²) in [7, 11) is -3.45. The molecule has 1 atom stereocenters. The molecule has 1 aliphatic heterocycles. The number of sulfonamides is 1. The summed E-state index contributed by atoms with van der Waals surface area (Å²) in [5.41, 5.74) is 2.26. The first-order chi connectivity index (χ1) is 18.7. The van der Waals surface area contributed by atoms with Gasteiger partial charge < -0.3 is 25.3 Å². The number of nitrogens with one attached hydrogen (secondary N) is 3. The van der Waals surface area contributed by atoms with Crippen LogP contribution in [0.3, 0.4) is 0 Å². The van der Waals surface area contributed by atoms with Gasteiger partial charge in [0.05, 0.1) is 22.9 Å². The lowest BCUT2D eigenvalue weighted by molar-refractivity contribution is -0.128. The SMILES string of the molecule is CC(C)n1cc(C2CC(=O)N(CCO)C2)c2cnc(Nc3ccnc(/C(C=N)=C/NS(=O)(=O)C4CC4)n3)cc21. The summed E-state index contributed by atoms with van der Waals surface area (Å²) in [5.74, 6) is 1.26. The fourth-order valence-corrected chi connectivity index (χ4v) is 6.04. The van der Waals surface area contributed by atoms with Crippen LogP contribution in [-0.2, 0) is 14.8 Å². The van der Waals surface area contributed by atoms with Crippen molar-refractivity contribution in [2.75, 3.05) is 25.0 Å². The van der Waals surface area contributed by atoms with Crippen LogP contribution in [0.2, 0.25) is 0 Å². The normalized spacial score (nSPS) is 18.3. The van der Waals surface area contributed by atoms with Crippen molar-refractivity contribution in [3.05, 3.63) is 48.3 Å². The number of β-amino-alcohol motifs (C(OH)–C–C–N with tert-alkyl or cyclic N) is 1. The Balaban J connectivity index is 1.40. The number of hydrogen-bond donors (Lipinski definition) is 4. The van der Waals surface area contributed by atoms with Crippen LogP contribution in [-0.4, -0.2) is 75.0 Å². The van der Waals surface area contributed by atoms with Gasteiger partial charge in [0.2, 0.25) is 15.9 Å². The van der Waals surface area contributed by atoms with E-state index in [1.54, 1.807) is 17.2 Å². The van der Waals surface area contributed by atoms with Gasteiger partial charge in [-0.25, -0.2) is 23.4 Å². The number of allylic oxidation sites excluding steroid dienone is 1. The molecule has 1 aliphatic carbocycles. The van der Waals surface area contributed by atoms with Crippen molar-refractivity contribution >= 4 is 50.3 Å². The van der Waals surface area contributed by atoms with E-state index in [2.05, 4.69) is 49.6 Å².